The molecule has 0 amide bonds. The third-order valence-corrected chi connectivity index (χ3v) is 0.405. The van der Waals surface area contributed by atoms with Gasteiger partial charge in [-0.2, -0.15) is 0 Å². The number of nitrogens with one attached hydrogen (secondary N) is 1. The number of rotatable bonds is 1. The number of hydrogen-bond donors (Lipinski definition) is 1. The van der Waals surface area contributed by atoms with E-state index in [9.17, 15) is 0 Å². The molecule has 0 aliphatic rings. The Morgan fingerprint density at radius 1 is 2.00 bits per heavy atom. The molecule has 0 saturated carbocycles. The number of hydrogen-bond acceptors (Lipinski definition) is 2. The van der Waals surface area contributed by atoms with Gasteiger partial charge in [0.25, 0.3) is 0 Å². The van der Waals surface area contributed by atoms with Crippen molar-refractivity contribution in [1.29, 1.82) is 5.41 Å². The molecule has 2 nitrogen and oxygen atoms in total. The van der Waals surface area contributed by atoms with Crippen molar-refractivity contribution >= 4 is 5.90 Å². The Labute approximate surface area is 36.9 Å². The molecule has 34 valence electrons. The van der Waals surface area contributed by atoms with E-state index in [0.29, 0.717) is 0 Å². The number of ether oxygens (including phenoxy) is 1. The summed E-state index contributed by atoms with van der Waals surface area (Å²) in [6.45, 7) is 3.28. The van der Waals surface area contributed by atoms with Crippen LogP contribution in [0.5, 0.6) is 0 Å². The highest BCUT2D eigenvalue weighted by molar-refractivity contribution is 5.83. The fourth-order valence-corrected chi connectivity index (χ4v) is 0.0833. The molecule has 0 rings (SSSR count). The summed E-state index contributed by atoms with van der Waals surface area (Å²) < 4.78 is 4.36. The van der Waals surface area contributed by atoms with Crippen molar-refractivity contribution in [3.05, 3.63) is 12.7 Å². The standard InChI is InChI=1S/C4H7NO/c1-3-4(5)6-2/h3,5H,1H2,2H3. The zero-order valence-corrected chi connectivity index (χ0v) is 3.69. The Balaban J connectivity index is 3.23. The van der Waals surface area contributed by atoms with Crippen molar-refractivity contribution in [2.45, 2.75) is 0 Å². The van der Waals surface area contributed by atoms with Crippen LogP contribution in [-0.4, -0.2) is 13.0 Å². The van der Waals surface area contributed by atoms with E-state index in [4.69, 9.17) is 5.41 Å². The Morgan fingerprint density at radius 2 is 2.50 bits per heavy atom. The molecule has 0 fully saturated rings. The molecule has 0 aliphatic heterocycles. The van der Waals surface area contributed by atoms with Crippen molar-refractivity contribution < 1.29 is 4.74 Å². The SMILES string of the molecule is C=CC(=N)OC. The predicted molar refractivity (Wildman–Crippen MR) is 24.9 cm³/mol. The fourth-order valence-electron chi connectivity index (χ4n) is 0.0833. The van der Waals surface area contributed by atoms with E-state index >= 15 is 0 Å². The second-order valence-corrected chi connectivity index (χ2v) is 0.772. The van der Waals surface area contributed by atoms with Crippen LogP contribution in [0.1, 0.15) is 0 Å². The van der Waals surface area contributed by atoms with Crippen LogP contribution in [-0.2, 0) is 4.74 Å². The molecule has 0 heterocycles. The maximum Gasteiger partial charge on any atom is 0.204 e. The second kappa shape index (κ2) is 2.45. The largest absolute Gasteiger partial charge is 0.481 e. The molecule has 0 saturated heterocycles. The van der Waals surface area contributed by atoms with Gasteiger partial charge in [-0.3, -0.25) is 5.41 Å². The summed E-state index contributed by atoms with van der Waals surface area (Å²) in [5, 5.41) is 6.65. The third kappa shape index (κ3) is 1.52. The first-order chi connectivity index (χ1) is 2.81. The Kier molecular flexibility index (Phi) is 2.13. The lowest BCUT2D eigenvalue weighted by molar-refractivity contribution is 0.403. The fraction of sp³-hybridized carbons (Fsp3) is 0.250. The monoisotopic (exact) mass is 85.1 g/mol. The Morgan fingerprint density at radius 3 is 2.50 bits per heavy atom. The minimum atomic E-state index is 0.106. The van der Waals surface area contributed by atoms with Crippen molar-refractivity contribution in [1.82, 2.24) is 0 Å². The van der Waals surface area contributed by atoms with Crippen molar-refractivity contribution in [3.63, 3.8) is 0 Å². The predicted octanol–water partition coefficient (Wildman–Crippen LogP) is 0.796. The topological polar surface area (TPSA) is 33.1 Å². The zero-order valence-electron chi connectivity index (χ0n) is 3.69. The van der Waals surface area contributed by atoms with E-state index < -0.39 is 0 Å². The third-order valence-electron chi connectivity index (χ3n) is 0.405. The summed E-state index contributed by atoms with van der Waals surface area (Å²) in [7, 11) is 1.43. The first kappa shape index (κ1) is 5.21. The van der Waals surface area contributed by atoms with Crippen molar-refractivity contribution in [3.8, 4) is 0 Å². The molecule has 0 aliphatic carbocycles. The molecule has 0 aromatic rings. The lowest BCUT2D eigenvalue weighted by Gasteiger charge is -1.87. The molecular formula is C4H7NO. The maximum atomic E-state index is 6.65. The van der Waals surface area contributed by atoms with Gasteiger partial charge in [-0.05, 0) is 6.08 Å². The van der Waals surface area contributed by atoms with E-state index in [1.807, 2.05) is 0 Å². The van der Waals surface area contributed by atoms with Crippen LogP contribution in [0.2, 0.25) is 0 Å². The van der Waals surface area contributed by atoms with E-state index in [0.717, 1.165) is 0 Å². The highest BCUT2D eigenvalue weighted by Gasteiger charge is 1.75. The zero-order chi connectivity index (χ0) is 4.99. The summed E-state index contributed by atoms with van der Waals surface area (Å²) in [5.74, 6) is 0.106. The summed E-state index contributed by atoms with van der Waals surface area (Å²) >= 11 is 0. The molecule has 0 spiro atoms. The van der Waals surface area contributed by atoms with Gasteiger partial charge >= 0.3 is 0 Å². The van der Waals surface area contributed by atoms with Crippen molar-refractivity contribution in [2.24, 2.45) is 0 Å². The summed E-state index contributed by atoms with van der Waals surface area (Å²) in [5.41, 5.74) is 0. The van der Waals surface area contributed by atoms with Gasteiger partial charge in [-0.1, -0.05) is 6.58 Å². The van der Waals surface area contributed by atoms with Gasteiger partial charge in [0.05, 0.1) is 7.11 Å². The molecule has 2 heteroatoms. The summed E-state index contributed by atoms with van der Waals surface area (Å²) in [6, 6.07) is 0. The van der Waals surface area contributed by atoms with E-state index in [-0.39, 0.29) is 5.90 Å². The highest BCUT2D eigenvalue weighted by Crippen LogP contribution is 1.69. The van der Waals surface area contributed by atoms with Crippen LogP contribution in [0.15, 0.2) is 12.7 Å². The molecule has 0 atom stereocenters. The Hall–Kier alpha value is -0.790. The van der Waals surface area contributed by atoms with Crippen LogP contribution in [0.4, 0.5) is 0 Å². The first-order valence-electron chi connectivity index (χ1n) is 1.56. The minimum Gasteiger partial charge on any atom is -0.481 e. The van der Waals surface area contributed by atoms with Crippen molar-refractivity contribution in [2.75, 3.05) is 7.11 Å². The molecule has 0 aromatic carbocycles. The average Bonchev–Trinajstić information content (AvgIpc) is 1.65. The second-order valence-electron chi connectivity index (χ2n) is 0.772. The molecular weight excluding hydrogens is 78.0 g/mol. The van der Waals surface area contributed by atoms with Crippen LogP contribution >= 0.6 is 0 Å². The summed E-state index contributed by atoms with van der Waals surface area (Å²) in [4.78, 5) is 0. The lowest BCUT2D eigenvalue weighted by atomic mass is 10.6. The molecule has 0 unspecified atom stereocenters. The molecule has 0 bridgehead atoms. The smallest absolute Gasteiger partial charge is 0.204 e. The Bertz CT molecular complexity index is 67.9. The van der Waals surface area contributed by atoms with Gasteiger partial charge < -0.3 is 4.74 Å². The van der Waals surface area contributed by atoms with Gasteiger partial charge in [0.1, 0.15) is 0 Å². The van der Waals surface area contributed by atoms with Crippen LogP contribution in [0.3, 0.4) is 0 Å². The van der Waals surface area contributed by atoms with E-state index in [1.165, 1.54) is 13.2 Å². The van der Waals surface area contributed by atoms with Crippen LogP contribution < -0.4 is 0 Å². The summed E-state index contributed by atoms with van der Waals surface area (Å²) in [6.07, 6.45) is 1.33. The van der Waals surface area contributed by atoms with E-state index in [2.05, 4.69) is 11.3 Å². The van der Waals surface area contributed by atoms with Gasteiger partial charge in [0.15, 0.2) is 0 Å². The molecule has 0 radical (unpaired) electrons. The van der Waals surface area contributed by atoms with Gasteiger partial charge in [-0.15, -0.1) is 0 Å². The quantitative estimate of drug-likeness (QED) is 0.370. The molecule has 6 heavy (non-hydrogen) atoms. The van der Waals surface area contributed by atoms with Gasteiger partial charge in [0.2, 0.25) is 5.90 Å². The molecule has 0 aromatic heterocycles. The highest BCUT2D eigenvalue weighted by atomic mass is 16.5. The first-order valence-corrected chi connectivity index (χ1v) is 1.56. The van der Waals surface area contributed by atoms with Gasteiger partial charge in [-0.25, -0.2) is 0 Å². The minimum absolute atomic E-state index is 0.106. The van der Waals surface area contributed by atoms with Crippen LogP contribution in [0, 0.1) is 5.41 Å². The normalized spacial score (nSPS) is 6.83. The molecule has 1 N–H and O–H groups in total. The van der Waals surface area contributed by atoms with E-state index in [1.54, 1.807) is 0 Å². The van der Waals surface area contributed by atoms with Gasteiger partial charge in [0, 0.05) is 0 Å². The lowest BCUT2D eigenvalue weighted by Crippen LogP contribution is -1.89. The number of methoxy groups -OCH3 is 1. The average molecular weight is 85.1 g/mol. The maximum absolute atomic E-state index is 6.65. The van der Waals surface area contributed by atoms with Crippen LogP contribution in [0.25, 0.3) is 0 Å².